The van der Waals surface area contributed by atoms with Gasteiger partial charge in [-0.2, -0.15) is 0 Å². The molecule has 2 aromatic carbocycles. The zero-order chi connectivity index (χ0) is 18.8. The van der Waals surface area contributed by atoms with Gasteiger partial charge in [-0.15, -0.1) is 0 Å². The van der Waals surface area contributed by atoms with Crippen molar-refractivity contribution in [3.05, 3.63) is 71.3 Å². The van der Waals surface area contributed by atoms with Gasteiger partial charge in [0.25, 0.3) is 0 Å². The van der Waals surface area contributed by atoms with Crippen LogP contribution in [0.4, 0.5) is 0 Å². The van der Waals surface area contributed by atoms with E-state index in [1.54, 1.807) is 0 Å². The molecule has 0 aromatic heterocycles. The molecule has 0 saturated carbocycles. The van der Waals surface area contributed by atoms with Crippen LogP contribution in [-0.4, -0.2) is 37.1 Å². The molecule has 2 aliphatic heterocycles. The molecule has 0 spiro atoms. The van der Waals surface area contributed by atoms with E-state index in [0.717, 1.165) is 47.3 Å². The highest BCUT2D eigenvalue weighted by Crippen LogP contribution is 2.42. The molecule has 0 amide bonds. The van der Waals surface area contributed by atoms with Gasteiger partial charge in [0.2, 0.25) is 0 Å². The molecule has 27 heavy (non-hydrogen) atoms. The summed E-state index contributed by atoms with van der Waals surface area (Å²) < 4.78 is 11.1. The van der Waals surface area contributed by atoms with Crippen molar-refractivity contribution in [2.24, 2.45) is 0 Å². The maximum absolute atomic E-state index is 12.5. The summed E-state index contributed by atoms with van der Waals surface area (Å²) in [5.41, 5.74) is 4.12. The van der Waals surface area contributed by atoms with Crippen LogP contribution in [-0.2, 0) is 16.1 Å². The maximum atomic E-state index is 12.5. The van der Waals surface area contributed by atoms with Gasteiger partial charge in [0.15, 0.2) is 0 Å². The number of rotatable bonds is 5. The largest absolute Gasteiger partial charge is 0.489 e. The number of hydrogen-bond donors (Lipinski definition) is 0. The number of fused-ring (bicyclic) bond motifs is 2. The second kappa shape index (κ2) is 7.57. The minimum Gasteiger partial charge on any atom is -0.489 e. The van der Waals surface area contributed by atoms with Crippen LogP contribution < -0.4 is 4.74 Å². The predicted octanol–water partition coefficient (Wildman–Crippen LogP) is 4.06. The van der Waals surface area contributed by atoms with Crippen LogP contribution in [0.5, 0.6) is 5.75 Å². The Labute approximate surface area is 160 Å². The Morgan fingerprint density at radius 2 is 1.93 bits per heavy atom. The van der Waals surface area contributed by atoms with Crippen molar-refractivity contribution in [1.82, 2.24) is 4.90 Å². The summed E-state index contributed by atoms with van der Waals surface area (Å²) in [6.45, 7) is 0.529. The second-order valence-electron chi connectivity index (χ2n) is 7.30. The van der Waals surface area contributed by atoms with Crippen LogP contribution in [0, 0.1) is 0 Å². The lowest BCUT2D eigenvalue weighted by atomic mass is 9.88. The quantitative estimate of drug-likeness (QED) is 0.751. The van der Waals surface area contributed by atoms with Crippen LogP contribution in [0.1, 0.15) is 30.4 Å². The molecule has 2 aliphatic rings. The summed E-state index contributed by atoms with van der Waals surface area (Å²) in [5, 5.41) is 0. The van der Waals surface area contributed by atoms with Gasteiger partial charge in [-0.25, -0.2) is 4.79 Å². The molecular formula is C23H25NO3. The number of carbonyl (C=O) groups excluding carboxylic acids is 1. The first-order valence-corrected chi connectivity index (χ1v) is 9.48. The maximum Gasteiger partial charge on any atom is 0.335 e. The van der Waals surface area contributed by atoms with E-state index < -0.39 is 0 Å². The lowest BCUT2D eigenvalue weighted by Crippen LogP contribution is -2.40. The smallest absolute Gasteiger partial charge is 0.335 e. The summed E-state index contributed by atoms with van der Waals surface area (Å²) in [6, 6.07) is 18.9. The van der Waals surface area contributed by atoms with Gasteiger partial charge in [0.05, 0.1) is 12.7 Å². The van der Waals surface area contributed by atoms with Gasteiger partial charge in [0, 0.05) is 12.1 Å². The average Bonchev–Trinajstić information content (AvgIpc) is 2.94. The van der Waals surface area contributed by atoms with Crippen molar-refractivity contribution >= 4 is 11.5 Å². The molecule has 2 atom stereocenters. The van der Waals surface area contributed by atoms with Crippen LogP contribution in [0.2, 0.25) is 0 Å². The van der Waals surface area contributed by atoms with Gasteiger partial charge in [0.1, 0.15) is 12.4 Å². The van der Waals surface area contributed by atoms with E-state index in [2.05, 4.69) is 30.1 Å². The van der Waals surface area contributed by atoms with Crippen molar-refractivity contribution in [3.8, 4) is 5.75 Å². The highest BCUT2D eigenvalue weighted by molar-refractivity contribution is 5.99. The SMILES string of the molecule is COC(=O)C1=C(c2cccc(OCc3ccccc3)c2)C[C@@H]2CC[C@H]1N2C. The molecule has 140 valence electrons. The Kier molecular flexibility index (Phi) is 4.99. The Balaban J connectivity index is 1.63. The third-order valence-corrected chi connectivity index (χ3v) is 5.78. The molecule has 0 unspecified atom stereocenters. The Bertz CT molecular complexity index is 859. The fraction of sp³-hybridized carbons (Fsp3) is 0.348. The van der Waals surface area contributed by atoms with E-state index in [0.29, 0.717) is 12.6 Å². The Morgan fingerprint density at radius 1 is 1.11 bits per heavy atom. The fourth-order valence-electron chi connectivity index (χ4n) is 4.31. The van der Waals surface area contributed by atoms with Crippen LogP contribution in [0.15, 0.2) is 60.2 Å². The van der Waals surface area contributed by atoms with Gasteiger partial charge in [-0.1, -0.05) is 42.5 Å². The van der Waals surface area contributed by atoms with E-state index in [9.17, 15) is 4.79 Å². The molecule has 0 N–H and O–H groups in total. The first-order valence-electron chi connectivity index (χ1n) is 9.48. The predicted molar refractivity (Wildman–Crippen MR) is 105 cm³/mol. The second-order valence-corrected chi connectivity index (χ2v) is 7.30. The minimum atomic E-state index is -0.210. The molecule has 0 aliphatic carbocycles. The van der Waals surface area contributed by atoms with Gasteiger partial charge in [-0.05, 0) is 55.1 Å². The fourth-order valence-corrected chi connectivity index (χ4v) is 4.31. The first kappa shape index (κ1) is 17.8. The van der Waals surface area contributed by atoms with Gasteiger partial charge in [-0.3, -0.25) is 4.90 Å². The Hall–Kier alpha value is -2.59. The normalized spacial score (nSPS) is 22.0. The monoisotopic (exact) mass is 363 g/mol. The molecule has 1 saturated heterocycles. The number of likely N-dealkylation sites (N-methyl/N-ethyl adjacent to an activating group) is 1. The molecule has 1 fully saturated rings. The number of hydrogen-bond acceptors (Lipinski definition) is 4. The minimum absolute atomic E-state index is 0.153. The lowest BCUT2D eigenvalue weighted by molar-refractivity contribution is -0.136. The zero-order valence-corrected chi connectivity index (χ0v) is 15.9. The number of esters is 1. The highest BCUT2D eigenvalue weighted by Gasteiger charge is 2.42. The summed E-state index contributed by atoms with van der Waals surface area (Å²) in [7, 11) is 3.58. The number of carbonyl (C=O) groups is 1. The number of benzene rings is 2. The average molecular weight is 363 g/mol. The molecule has 4 heteroatoms. The van der Waals surface area contributed by atoms with E-state index in [-0.39, 0.29) is 12.0 Å². The van der Waals surface area contributed by atoms with Gasteiger partial charge < -0.3 is 9.47 Å². The third-order valence-electron chi connectivity index (χ3n) is 5.78. The molecular weight excluding hydrogens is 338 g/mol. The van der Waals surface area contributed by atoms with E-state index in [1.165, 1.54) is 7.11 Å². The van der Waals surface area contributed by atoms with Crippen LogP contribution in [0.25, 0.3) is 5.57 Å². The Morgan fingerprint density at radius 3 is 2.70 bits per heavy atom. The summed E-state index contributed by atoms with van der Waals surface area (Å²) in [5.74, 6) is 0.608. The number of methoxy groups -OCH3 is 1. The lowest BCUT2D eigenvalue weighted by Gasteiger charge is -2.34. The van der Waals surface area contributed by atoms with Crippen LogP contribution >= 0.6 is 0 Å². The van der Waals surface area contributed by atoms with Crippen LogP contribution in [0.3, 0.4) is 0 Å². The topological polar surface area (TPSA) is 38.8 Å². The molecule has 0 radical (unpaired) electrons. The van der Waals surface area contributed by atoms with Crippen molar-refractivity contribution in [2.45, 2.75) is 38.0 Å². The first-order chi connectivity index (χ1) is 13.2. The molecule has 4 nitrogen and oxygen atoms in total. The standard InChI is InChI=1S/C23H25NO3/c1-24-18-11-12-21(24)22(23(25)26-2)20(14-18)17-9-6-10-19(13-17)27-15-16-7-4-3-5-8-16/h3-10,13,18,21H,11-12,14-15H2,1-2H3/t18-,21+/m0/s1. The molecule has 4 rings (SSSR count). The molecule has 2 heterocycles. The van der Waals surface area contributed by atoms with E-state index in [4.69, 9.17) is 9.47 Å². The van der Waals surface area contributed by atoms with E-state index >= 15 is 0 Å². The molecule has 2 aromatic rings. The zero-order valence-electron chi connectivity index (χ0n) is 15.9. The summed E-state index contributed by atoms with van der Waals surface area (Å²) >= 11 is 0. The summed E-state index contributed by atoms with van der Waals surface area (Å²) in [6.07, 6.45) is 3.01. The number of ether oxygens (including phenoxy) is 2. The third kappa shape index (κ3) is 3.50. The van der Waals surface area contributed by atoms with Crippen molar-refractivity contribution in [3.63, 3.8) is 0 Å². The number of nitrogens with zero attached hydrogens (tertiary/aromatic N) is 1. The summed E-state index contributed by atoms with van der Waals surface area (Å²) in [4.78, 5) is 14.9. The van der Waals surface area contributed by atoms with Crippen molar-refractivity contribution in [2.75, 3.05) is 14.2 Å². The van der Waals surface area contributed by atoms with E-state index in [1.807, 2.05) is 36.4 Å². The highest BCUT2D eigenvalue weighted by atomic mass is 16.5. The van der Waals surface area contributed by atoms with Crippen molar-refractivity contribution < 1.29 is 14.3 Å². The van der Waals surface area contributed by atoms with Gasteiger partial charge >= 0.3 is 5.97 Å². The van der Waals surface area contributed by atoms with Crippen molar-refractivity contribution in [1.29, 1.82) is 0 Å². The molecule has 2 bridgehead atoms.